The van der Waals surface area contributed by atoms with E-state index in [-0.39, 0.29) is 31.2 Å². The Bertz CT molecular complexity index is 328. The van der Waals surface area contributed by atoms with Crippen molar-refractivity contribution in [3.05, 3.63) is 0 Å². The van der Waals surface area contributed by atoms with E-state index in [1.807, 2.05) is 6.92 Å². The highest BCUT2D eigenvalue weighted by molar-refractivity contribution is 5.81. The fraction of sp³-hybridized carbons (Fsp3) is 0.750. The summed E-state index contributed by atoms with van der Waals surface area (Å²) in [6.45, 7) is 3.31. The lowest BCUT2D eigenvalue weighted by Crippen LogP contribution is -2.46. The Kier molecular flexibility index (Phi) is 7.74. The highest BCUT2D eigenvalue weighted by Gasteiger charge is 2.30. The van der Waals surface area contributed by atoms with Gasteiger partial charge in [-0.25, -0.2) is 4.79 Å². The Labute approximate surface area is 112 Å². The van der Waals surface area contributed by atoms with E-state index >= 15 is 0 Å². The lowest BCUT2D eigenvalue weighted by atomic mass is 10.1. The highest BCUT2D eigenvalue weighted by Crippen LogP contribution is 2.02. The van der Waals surface area contributed by atoms with Crippen molar-refractivity contribution >= 4 is 17.8 Å². The van der Waals surface area contributed by atoms with Crippen LogP contribution in [0.4, 0.5) is 0 Å². The van der Waals surface area contributed by atoms with Crippen molar-refractivity contribution in [2.75, 3.05) is 13.1 Å². The smallest absolute Gasteiger partial charge is 0.337 e. The van der Waals surface area contributed by atoms with Gasteiger partial charge >= 0.3 is 5.97 Å². The number of carbonyl (C=O) groups excluding carboxylic acids is 2. The number of rotatable bonds is 9. The molecule has 1 atom stereocenters. The number of carboxylic acid groups (broad SMARTS) is 1. The number of amides is 2. The number of carbonyl (C=O) groups is 3. The van der Waals surface area contributed by atoms with E-state index in [9.17, 15) is 19.5 Å². The van der Waals surface area contributed by atoms with Crippen LogP contribution in [0.3, 0.4) is 0 Å². The summed E-state index contributed by atoms with van der Waals surface area (Å²) in [6.07, 6.45) is 1.62. The Morgan fingerprint density at radius 2 is 1.63 bits per heavy atom. The maximum Gasteiger partial charge on any atom is 0.337 e. The average molecular weight is 274 g/mol. The predicted octanol–water partition coefficient (Wildman–Crippen LogP) is -0.365. The number of hydrogen-bond donors (Lipinski definition) is 4. The van der Waals surface area contributed by atoms with Crippen LogP contribution in [0.5, 0.6) is 0 Å². The molecule has 19 heavy (non-hydrogen) atoms. The van der Waals surface area contributed by atoms with E-state index in [1.165, 1.54) is 0 Å². The molecule has 110 valence electrons. The molecule has 1 unspecified atom stereocenters. The summed E-state index contributed by atoms with van der Waals surface area (Å²) in [6, 6.07) is 0. The second-order valence-electron chi connectivity index (χ2n) is 4.56. The van der Waals surface area contributed by atoms with E-state index in [4.69, 9.17) is 5.11 Å². The van der Waals surface area contributed by atoms with E-state index in [1.54, 1.807) is 0 Å². The number of hydrogen-bond acceptors (Lipinski definition) is 4. The van der Waals surface area contributed by atoms with Gasteiger partial charge in [-0.3, -0.25) is 9.59 Å². The van der Waals surface area contributed by atoms with Crippen LogP contribution >= 0.6 is 0 Å². The van der Waals surface area contributed by atoms with Crippen LogP contribution in [0.1, 0.15) is 39.5 Å². The molecule has 7 heteroatoms. The summed E-state index contributed by atoms with van der Waals surface area (Å²) in [5, 5.41) is 23.0. The lowest BCUT2D eigenvalue weighted by Gasteiger charge is -2.18. The Morgan fingerprint density at radius 3 is 2.11 bits per heavy atom. The Balaban J connectivity index is 3.77. The molecule has 0 heterocycles. The van der Waals surface area contributed by atoms with E-state index in [2.05, 4.69) is 10.6 Å². The molecule has 0 saturated heterocycles. The Morgan fingerprint density at radius 1 is 1.11 bits per heavy atom. The first kappa shape index (κ1) is 17.4. The quantitative estimate of drug-likeness (QED) is 0.458. The summed E-state index contributed by atoms with van der Waals surface area (Å²) in [5.74, 6) is -1.89. The van der Waals surface area contributed by atoms with Gasteiger partial charge in [-0.05, 0) is 19.8 Å². The molecule has 0 spiro atoms. The SMILES string of the molecule is CCCNC(=O)CCCC(=O)NCC(C)(O)C(=O)O. The van der Waals surface area contributed by atoms with Gasteiger partial charge in [0.25, 0.3) is 0 Å². The fourth-order valence-corrected chi connectivity index (χ4v) is 1.20. The number of aliphatic hydroxyl groups is 1. The average Bonchev–Trinajstić information content (AvgIpc) is 2.33. The van der Waals surface area contributed by atoms with Crippen LogP contribution in [0, 0.1) is 0 Å². The third kappa shape index (κ3) is 8.15. The summed E-state index contributed by atoms with van der Waals surface area (Å²) >= 11 is 0. The normalized spacial score (nSPS) is 13.4. The maximum atomic E-state index is 11.4. The third-order valence-corrected chi connectivity index (χ3v) is 2.47. The molecule has 2 amide bonds. The van der Waals surface area contributed by atoms with E-state index < -0.39 is 11.6 Å². The molecular weight excluding hydrogens is 252 g/mol. The largest absolute Gasteiger partial charge is 0.479 e. The first-order valence-corrected chi connectivity index (χ1v) is 6.28. The van der Waals surface area contributed by atoms with E-state index in [0.29, 0.717) is 13.0 Å². The van der Waals surface area contributed by atoms with Crippen molar-refractivity contribution in [2.24, 2.45) is 0 Å². The lowest BCUT2D eigenvalue weighted by molar-refractivity contribution is -0.156. The summed E-state index contributed by atoms with van der Waals surface area (Å²) in [7, 11) is 0. The second-order valence-corrected chi connectivity index (χ2v) is 4.56. The molecule has 0 aromatic carbocycles. The van der Waals surface area contributed by atoms with Crippen molar-refractivity contribution in [1.82, 2.24) is 10.6 Å². The van der Waals surface area contributed by atoms with Gasteiger partial charge < -0.3 is 20.8 Å². The van der Waals surface area contributed by atoms with Crippen LogP contribution in [0.2, 0.25) is 0 Å². The predicted molar refractivity (Wildman–Crippen MR) is 68.4 cm³/mol. The van der Waals surface area contributed by atoms with Gasteiger partial charge in [0.1, 0.15) is 0 Å². The minimum atomic E-state index is -1.98. The zero-order valence-electron chi connectivity index (χ0n) is 11.4. The van der Waals surface area contributed by atoms with Gasteiger partial charge in [0.2, 0.25) is 11.8 Å². The molecule has 0 aliphatic heterocycles. The van der Waals surface area contributed by atoms with Gasteiger partial charge in [-0.15, -0.1) is 0 Å². The van der Waals surface area contributed by atoms with Gasteiger partial charge in [0, 0.05) is 19.4 Å². The highest BCUT2D eigenvalue weighted by atomic mass is 16.4. The molecule has 0 saturated carbocycles. The van der Waals surface area contributed by atoms with Crippen LogP contribution in [0.25, 0.3) is 0 Å². The zero-order chi connectivity index (χ0) is 14.9. The summed E-state index contributed by atoms with van der Waals surface area (Å²) < 4.78 is 0. The van der Waals surface area contributed by atoms with E-state index in [0.717, 1.165) is 13.3 Å². The molecule has 0 aromatic heterocycles. The summed E-state index contributed by atoms with van der Waals surface area (Å²) in [5.41, 5.74) is -1.98. The molecule has 0 fully saturated rings. The molecule has 0 aliphatic rings. The summed E-state index contributed by atoms with van der Waals surface area (Å²) in [4.78, 5) is 33.2. The van der Waals surface area contributed by atoms with Gasteiger partial charge in [-0.2, -0.15) is 0 Å². The monoisotopic (exact) mass is 274 g/mol. The molecule has 0 aromatic rings. The van der Waals surface area contributed by atoms with Gasteiger partial charge in [0.15, 0.2) is 5.60 Å². The van der Waals surface area contributed by atoms with Crippen molar-refractivity contribution < 1.29 is 24.6 Å². The minimum absolute atomic E-state index is 0.104. The van der Waals surface area contributed by atoms with Crippen molar-refractivity contribution in [3.8, 4) is 0 Å². The molecular formula is C12H22N2O5. The van der Waals surface area contributed by atoms with Crippen molar-refractivity contribution in [1.29, 1.82) is 0 Å². The first-order valence-electron chi connectivity index (χ1n) is 6.28. The van der Waals surface area contributed by atoms with Gasteiger partial charge in [-0.1, -0.05) is 6.92 Å². The van der Waals surface area contributed by atoms with Gasteiger partial charge in [0.05, 0.1) is 6.54 Å². The molecule has 0 bridgehead atoms. The number of carboxylic acids is 1. The minimum Gasteiger partial charge on any atom is -0.479 e. The third-order valence-electron chi connectivity index (χ3n) is 2.47. The topological polar surface area (TPSA) is 116 Å². The molecule has 0 rings (SSSR count). The van der Waals surface area contributed by atoms with Crippen LogP contribution in [-0.2, 0) is 14.4 Å². The molecule has 7 nitrogen and oxygen atoms in total. The molecule has 0 radical (unpaired) electrons. The fourth-order valence-electron chi connectivity index (χ4n) is 1.20. The maximum absolute atomic E-state index is 11.4. The van der Waals surface area contributed by atoms with Crippen LogP contribution in [-0.4, -0.2) is 46.7 Å². The standard InChI is InChI=1S/C12H22N2O5/c1-3-7-13-9(15)5-4-6-10(16)14-8-12(2,19)11(17)18/h19H,3-8H2,1-2H3,(H,13,15)(H,14,16)(H,17,18). The van der Waals surface area contributed by atoms with Crippen LogP contribution in [0.15, 0.2) is 0 Å². The first-order chi connectivity index (χ1) is 8.79. The zero-order valence-corrected chi connectivity index (χ0v) is 11.4. The second kappa shape index (κ2) is 8.47. The van der Waals surface area contributed by atoms with Crippen molar-refractivity contribution in [3.63, 3.8) is 0 Å². The Hall–Kier alpha value is -1.63. The number of nitrogens with one attached hydrogen (secondary N) is 2. The molecule has 0 aliphatic carbocycles. The number of aliphatic carboxylic acids is 1. The molecule has 4 N–H and O–H groups in total. The van der Waals surface area contributed by atoms with Crippen molar-refractivity contribution in [2.45, 2.75) is 45.1 Å². The van der Waals surface area contributed by atoms with Crippen LogP contribution < -0.4 is 10.6 Å².